The number of amides is 1. The van der Waals surface area contributed by atoms with E-state index < -0.39 is 0 Å². The van der Waals surface area contributed by atoms with Crippen LogP contribution in [0.15, 0.2) is 65.8 Å². The van der Waals surface area contributed by atoms with Gasteiger partial charge in [-0.05, 0) is 86.5 Å². The molecule has 3 aromatic carbocycles. The van der Waals surface area contributed by atoms with E-state index in [0.717, 1.165) is 33.1 Å². The largest absolute Gasteiger partial charge is 0.486 e. The van der Waals surface area contributed by atoms with Crippen LogP contribution in [0.3, 0.4) is 0 Å². The predicted molar refractivity (Wildman–Crippen MR) is 155 cm³/mol. The summed E-state index contributed by atoms with van der Waals surface area (Å²) in [6.07, 6.45) is 0. The molecular weight excluding hydrogens is 538 g/mol. The highest BCUT2D eigenvalue weighted by Crippen LogP contribution is 2.31. The van der Waals surface area contributed by atoms with Crippen LogP contribution in [0.1, 0.15) is 23.9 Å². The Bertz CT molecular complexity index is 1600. The number of halogens is 1. The zero-order chi connectivity index (χ0) is 26.6. The van der Waals surface area contributed by atoms with E-state index in [2.05, 4.69) is 34.6 Å². The van der Waals surface area contributed by atoms with Crippen molar-refractivity contribution < 1.29 is 9.53 Å². The molecule has 2 aromatic heterocycles. The maximum absolute atomic E-state index is 12.6. The molecule has 0 saturated heterocycles. The summed E-state index contributed by atoms with van der Waals surface area (Å²) in [5.41, 5.74) is 4.93. The third kappa shape index (κ3) is 6.01. The quantitative estimate of drug-likeness (QED) is 0.192. The lowest BCUT2D eigenvalue weighted by Crippen LogP contribution is -2.15. The molecule has 7 nitrogen and oxygen atoms in total. The van der Waals surface area contributed by atoms with E-state index in [4.69, 9.17) is 21.3 Å². The Morgan fingerprint density at radius 2 is 1.89 bits per heavy atom. The van der Waals surface area contributed by atoms with Crippen molar-refractivity contribution in [2.45, 2.75) is 39.1 Å². The smallest absolute Gasteiger partial charge is 0.234 e. The Morgan fingerprint density at radius 1 is 1.08 bits per heavy atom. The highest BCUT2D eigenvalue weighted by molar-refractivity contribution is 7.99. The number of aromatic nitrogens is 4. The molecule has 0 fully saturated rings. The Labute approximate surface area is 234 Å². The van der Waals surface area contributed by atoms with Crippen molar-refractivity contribution in [3.8, 4) is 16.3 Å². The van der Waals surface area contributed by atoms with Gasteiger partial charge in [0.2, 0.25) is 5.91 Å². The number of thiazole rings is 1. The van der Waals surface area contributed by atoms with Gasteiger partial charge in [-0.1, -0.05) is 29.4 Å². The van der Waals surface area contributed by atoms with Crippen molar-refractivity contribution in [1.82, 2.24) is 19.7 Å². The molecule has 0 saturated carbocycles. The predicted octanol–water partition coefficient (Wildman–Crippen LogP) is 7.15. The van der Waals surface area contributed by atoms with Crippen molar-refractivity contribution in [1.29, 1.82) is 0 Å². The zero-order valence-corrected chi connectivity index (χ0v) is 23.6. The highest BCUT2D eigenvalue weighted by Gasteiger charge is 2.14. The normalized spacial score (nSPS) is 11.2. The number of rotatable bonds is 9. The number of nitrogens with one attached hydrogen (secondary N) is 1. The fourth-order valence-electron chi connectivity index (χ4n) is 3.88. The van der Waals surface area contributed by atoms with Gasteiger partial charge in [0.15, 0.2) is 11.0 Å². The summed E-state index contributed by atoms with van der Waals surface area (Å²) in [5, 5.41) is 13.8. The first kappa shape index (κ1) is 26.2. The summed E-state index contributed by atoms with van der Waals surface area (Å²) in [6, 6.07) is 19.6. The van der Waals surface area contributed by atoms with E-state index in [0.29, 0.717) is 22.5 Å². The molecule has 0 unspecified atom stereocenters. The second-order valence-electron chi connectivity index (χ2n) is 8.75. The van der Waals surface area contributed by atoms with Gasteiger partial charge in [-0.25, -0.2) is 4.98 Å². The molecule has 0 aliphatic carbocycles. The minimum Gasteiger partial charge on any atom is -0.486 e. The fourth-order valence-corrected chi connectivity index (χ4v) is 5.89. The molecule has 5 rings (SSSR count). The summed E-state index contributed by atoms with van der Waals surface area (Å²) >= 11 is 9.10. The third-order valence-electron chi connectivity index (χ3n) is 5.90. The number of carbonyl (C=O) groups is 1. The first-order valence-corrected chi connectivity index (χ1v) is 14.3. The number of anilines is 1. The number of thioether (sulfide) groups is 1. The first-order chi connectivity index (χ1) is 18.4. The maximum Gasteiger partial charge on any atom is 0.234 e. The number of aryl methyl sites for hydroxylation is 2. The minimum absolute atomic E-state index is 0.113. The van der Waals surface area contributed by atoms with Crippen molar-refractivity contribution >= 4 is 56.5 Å². The minimum atomic E-state index is -0.113. The van der Waals surface area contributed by atoms with Gasteiger partial charge in [0.05, 0.1) is 16.0 Å². The molecule has 2 heterocycles. The van der Waals surface area contributed by atoms with Gasteiger partial charge < -0.3 is 14.6 Å². The molecule has 0 spiro atoms. The fraction of sp³-hybridized carbons (Fsp3) is 0.214. The van der Waals surface area contributed by atoms with Gasteiger partial charge in [0.25, 0.3) is 0 Å². The van der Waals surface area contributed by atoms with Gasteiger partial charge >= 0.3 is 0 Å². The van der Waals surface area contributed by atoms with E-state index >= 15 is 0 Å². The SMILES string of the molecule is CCn1c(COc2ccc(Cl)c(C)c2)nnc1SCC(=O)Nc1ccc(-c2nc3ccc(C)cc3s2)cc1. The van der Waals surface area contributed by atoms with Gasteiger partial charge in [-0.2, -0.15) is 0 Å². The molecule has 0 atom stereocenters. The van der Waals surface area contributed by atoms with Crippen LogP contribution in [0, 0.1) is 13.8 Å². The van der Waals surface area contributed by atoms with E-state index in [1.54, 1.807) is 11.3 Å². The third-order valence-corrected chi connectivity index (χ3v) is 8.36. The Kier molecular flexibility index (Phi) is 7.97. The molecule has 0 aliphatic heterocycles. The lowest BCUT2D eigenvalue weighted by molar-refractivity contribution is -0.113. The van der Waals surface area contributed by atoms with Crippen LogP contribution in [0.25, 0.3) is 20.8 Å². The van der Waals surface area contributed by atoms with Crippen molar-refractivity contribution in [2.24, 2.45) is 0 Å². The number of carbonyl (C=O) groups excluding carboxylic acids is 1. The number of nitrogens with zero attached hydrogens (tertiary/aromatic N) is 4. The first-order valence-electron chi connectivity index (χ1n) is 12.1. The Hall–Kier alpha value is -3.40. The van der Waals surface area contributed by atoms with Crippen molar-refractivity contribution in [3.63, 3.8) is 0 Å². The van der Waals surface area contributed by atoms with Crippen LogP contribution >= 0.6 is 34.7 Å². The van der Waals surface area contributed by atoms with Gasteiger partial charge in [-0.3, -0.25) is 4.79 Å². The molecular formula is C28H26ClN5O2S2. The van der Waals surface area contributed by atoms with Crippen LogP contribution < -0.4 is 10.1 Å². The van der Waals surface area contributed by atoms with E-state index in [1.165, 1.54) is 22.0 Å². The summed E-state index contributed by atoms with van der Waals surface area (Å²) < 4.78 is 9.00. The maximum atomic E-state index is 12.6. The number of hydrogen-bond acceptors (Lipinski definition) is 7. The molecule has 0 radical (unpaired) electrons. The monoisotopic (exact) mass is 563 g/mol. The van der Waals surface area contributed by atoms with Crippen LogP contribution in [0.2, 0.25) is 5.02 Å². The topological polar surface area (TPSA) is 81.9 Å². The Balaban J connectivity index is 1.16. The zero-order valence-electron chi connectivity index (χ0n) is 21.2. The highest BCUT2D eigenvalue weighted by atomic mass is 35.5. The Morgan fingerprint density at radius 3 is 2.66 bits per heavy atom. The lowest BCUT2D eigenvalue weighted by atomic mass is 10.2. The number of benzene rings is 3. The van der Waals surface area contributed by atoms with E-state index in [-0.39, 0.29) is 18.3 Å². The number of ether oxygens (including phenoxy) is 1. The molecule has 0 bridgehead atoms. The van der Waals surface area contributed by atoms with Crippen molar-refractivity contribution in [2.75, 3.05) is 11.1 Å². The van der Waals surface area contributed by atoms with E-state index in [1.807, 2.05) is 66.9 Å². The molecule has 5 aromatic rings. The molecule has 38 heavy (non-hydrogen) atoms. The van der Waals surface area contributed by atoms with Crippen LogP contribution in [0.4, 0.5) is 5.69 Å². The average Bonchev–Trinajstić information content (AvgIpc) is 3.51. The summed E-state index contributed by atoms with van der Waals surface area (Å²) in [4.78, 5) is 17.4. The summed E-state index contributed by atoms with van der Waals surface area (Å²) in [6.45, 7) is 6.97. The van der Waals surface area contributed by atoms with Gasteiger partial charge in [-0.15, -0.1) is 21.5 Å². The number of hydrogen-bond donors (Lipinski definition) is 1. The summed E-state index contributed by atoms with van der Waals surface area (Å²) in [7, 11) is 0. The van der Waals surface area contributed by atoms with E-state index in [9.17, 15) is 4.79 Å². The summed E-state index contributed by atoms with van der Waals surface area (Å²) in [5.74, 6) is 1.52. The van der Waals surface area contributed by atoms with Crippen LogP contribution in [0.5, 0.6) is 5.75 Å². The van der Waals surface area contributed by atoms with Gasteiger partial charge in [0.1, 0.15) is 17.4 Å². The average molecular weight is 564 g/mol. The van der Waals surface area contributed by atoms with Crippen LogP contribution in [-0.4, -0.2) is 31.4 Å². The molecule has 0 aliphatic rings. The van der Waals surface area contributed by atoms with Crippen LogP contribution in [-0.2, 0) is 17.9 Å². The lowest BCUT2D eigenvalue weighted by Gasteiger charge is -2.10. The van der Waals surface area contributed by atoms with Crippen molar-refractivity contribution in [3.05, 3.63) is 82.6 Å². The molecule has 1 amide bonds. The molecule has 10 heteroatoms. The standard InChI is InChI=1S/C28H26ClN5O2S2/c1-4-34-25(15-36-21-10-11-22(29)18(3)14-21)32-33-28(34)37-16-26(35)30-20-8-6-19(7-9-20)27-31-23-12-5-17(2)13-24(23)38-27/h5-14H,4,15-16H2,1-3H3,(H,30,35). The second-order valence-corrected chi connectivity index (χ2v) is 11.1. The molecule has 1 N–H and O–H groups in total. The second kappa shape index (κ2) is 11.6. The number of fused-ring (bicyclic) bond motifs is 1. The molecule has 194 valence electrons. The van der Waals surface area contributed by atoms with Gasteiger partial charge in [0, 0.05) is 22.8 Å².